The Balaban J connectivity index is 4.33. The molecule has 0 unspecified atom stereocenters. The fourth-order valence-electron chi connectivity index (χ4n) is 1.64. The lowest BCUT2D eigenvalue weighted by atomic mass is 10.3. The molecule has 0 heterocycles. The second-order valence-electron chi connectivity index (χ2n) is 3.92. The lowest BCUT2D eigenvalue weighted by Gasteiger charge is -2.26. The predicted molar refractivity (Wildman–Crippen MR) is 66.0 cm³/mol. The maximum Gasteiger partial charge on any atom is 0.0565 e. The lowest BCUT2D eigenvalue weighted by molar-refractivity contribution is 1.14. The molecule has 0 spiro atoms. The second-order valence-corrected chi connectivity index (χ2v) is 9.45. The van der Waals surface area contributed by atoms with E-state index in [4.69, 9.17) is 0 Å². The summed E-state index contributed by atoms with van der Waals surface area (Å²) in [6.45, 7) is 13.0. The summed E-state index contributed by atoms with van der Waals surface area (Å²) < 4.78 is 0. The Bertz CT molecular complexity index is 167. The van der Waals surface area contributed by atoms with E-state index in [9.17, 15) is 0 Å². The van der Waals surface area contributed by atoms with Crippen molar-refractivity contribution < 1.29 is 0 Å². The van der Waals surface area contributed by atoms with Gasteiger partial charge in [0.05, 0.1) is 8.07 Å². The van der Waals surface area contributed by atoms with Crippen LogP contribution in [0.4, 0.5) is 0 Å². The van der Waals surface area contributed by atoms with Gasteiger partial charge in [-0.15, -0.1) is 0 Å². The van der Waals surface area contributed by atoms with Crippen molar-refractivity contribution in [2.24, 2.45) is 0 Å². The minimum atomic E-state index is -0.921. The van der Waals surface area contributed by atoms with Crippen LogP contribution in [0.15, 0.2) is 24.3 Å². The smallest absolute Gasteiger partial charge is 0.0565 e. The third kappa shape index (κ3) is 3.95. The highest BCUT2D eigenvalue weighted by atomic mass is 28.3. The maximum absolute atomic E-state index is 3.79. The molecule has 0 aliphatic heterocycles. The molecule has 0 rings (SSSR count). The third-order valence-corrected chi connectivity index (χ3v) is 9.00. The summed E-state index contributed by atoms with van der Waals surface area (Å²) in [5.74, 6) is 0. The van der Waals surface area contributed by atoms with Crippen molar-refractivity contribution in [1.29, 1.82) is 0 Å². The van der Waals surface area contributed by atoms with Crippen LogP contribution in [0.1, 0.15) is 27.7 Å². The van der Waals surface area contributed by atoms with E-state index in [-0.39, 0.29) is 0 Å². The van der Waals surface area contributed by atoms with Gasteiger partial charge >= 0.3 is 0 Å². The molecule has 0 saturated heterocycles. The van der Waals surface area contributed by atoms with Crippen molar-refractivity contribution in [1.82, 2.24) is 0 Å². The highest BCUT2D eigenvalue weighted by molar-refractivity contribution is 6.80. The van der Waals surface area contributed by atoms with Crippen molar-refractivity contribution in [3.8, 4) is 0 Å². The molecule has 0 aromatic heterocycles. The van der Waals surface area contributed by atoms with Crippen LogP contribution in [0.3, 0.4) is 0 Å². The average Bonchev–Trinajstić information content (AvgIpc) is 2.20. The zero-order chi connectivity index (χ0) is 10.3. The van der Waals surface area contributed by atoms with Crippen LogP contribution < -0.4 is 0 Å². The summed E-state index contributed by atoms with van der Waals surface area (Å²) in [5, 5.41) is 0. The molecule has 0 radical (unpaired) electrons. The Kier molecular flexibility index (Phi) is 6.05. The number of allylic oxidation sites excluding steroid dienone is 3. The first-order chi connectivity index (χ1) is 6.14. The van der Waals surface area contributed by atoms with E-state index in [0.717, 1.165) is 0 Å². The topological polar surface area (TPSA) is 0 Å². The van der Waals surface area contributed by atoms with Gasteiger partial charge in [-0.25, -0.2) is 0 Å². The van der Waals surface area contributed by atoms with Crippen molar-refractivity contribution in [2.45, 2.75) is 51.9 Å². The van der Waals surface area contributed by atoms with Crippen molar-refractivity contribution in [3.63, 3.8) is 0 Å². The highest BCUT2D eigenvalue weighted by Gasteiger charge is 2.24. The Labute approximate surface area is 84.8 Å². The first-order valence-electron chi connectivity index (χ1n) is 5.43. The van der Waals surface area contributed by atoms with Gasteiger partial charge in [0.1, 0.15) is 0 Å². The molecule has 0 aliphatic rings. The number of rotatable bonds is 6. The van der Waals surface area contributed by atoms with Crippen LogP contribution in [0.5, 0.6) is 0 Å². The maximum atomic E-state index is 3.79. The van der Waals surface area contributed by atoms with Crippen molar-refractivity contribution in [2.75, 3.05) is 0 Å². The molecular weight excluding hydrogens is 172 g/mol. The van der Waals surface area contributed by atoms with Gasteiger partial charge < -0.3 is 0 Å². The van der Waals surface area contributed by atoms with Gasteiger partial charge in [-0.2, -0.15) is 0 Å². The van der Waals surface area contributed by atoms with Crippen LogP contribution in [-0.4, -0.2) is 8.07 Å². The second kappa shape index (κ2) is 6.20. The Morgan fingerprint density at radius 3 is 1.92 bits per heavy atom. The van der Waals surface area contributed by atoms with E-state index in [1.165, 1.54) is 29.7 Å². The predicted octanol–water partition coefficient (Wildman–Crippen LogP) is 4.63. The molecule has 0 atom stereocenters. The molecule has 0 bridgehead atoms. The summed E-state index contributed by atoms with van der Waals surface area (Å²) in [6, 6.07) is 5.59. The Hall–Kier alpha value is -0.303. The molecule has 0 amide bonds. The van der Waals surface area contributed by atoms with Crippen LogP contribution in [0, 0.1) is 0 Å². The van der Waals surface area contributed by atoms with E-state index >= 15 is 0 Å². The monoisotopic (exact) mass is 196 g/mol. The summed E-state index contributed by atoms with van der Waals surface area (Å²) in [5.41, 5.74) is 1.34. The van der Waals surface area contributed by atoms with Crippen LogP contribution in [-0.2, 0) is 0 Å². The minimum Gasteiger partial charge on any atom is -0.0988 e. The normalized spacial score (nSPS) is 13.1. The Morgan fingerprint density at radius 1 is 1.15 bits per heavy atom. The van der Waals surface area contributed by atoms with Gasteiger partial charge in [0.25, 0.3) is 0 Å². The summed E-state index contributed by atoms with van der Waals surface area (Å²) in [4.78, 5) is 0. The van der Waals surface area contributed by atoms with E-state index in [2.05, 4.69) is 40.3 Å². The molecule has 1 heteroatoms. The van der Waals surface area contributed by atoms with Gasteiger partial charge in [0.2, 0.25) is 0 Å². The molecule has 0 fully saturated rings. The third-order valence-electron chi connectivity index (χ3n) is 3.43. The van der Waals surface area contributed by atoms with Crippen LogP contribution in [0.25, 0.3) is 0 Å². The van der Waals surface area contributed by atoms with Crippen molar-refractivity contribution in [3.05, 3.63) is 24.3 Å². The first-order valence-corrected chi connectivity index (χ1v) is 8.26. The molecule has 13 heavy (non-hydrogen) atoms. The number of hydrogen-bond acceptors (Lipinski definition) is 0. The van der Waals surface area contributed by atoms with E-state index < -0.39 is 8.07 Å². The van der Waals surface area contributed by atoms with Gasteiger partial charge in [-0.05, 0) is 13.0 Å². The van der Waals surface area contributed by atoms with Gasteiger partial charge in [-0.3, -0.25) is 0 Å². The zero-order valence-corrected chi connectivity index (χ0v) is 10.7. The van der Waals surface area contributed by atoms with Gasteiger partial charge in [-0.1, -0.05) is 63.2 Å². The highest BCUT2D eigenvalue weighted by Crippen LogP contribution is 2.25. The molecule has 0 nitrogen and oxygen atoms in total. The minimum absolute atomic E-state index is 0.921. The SMILES string of the molecule is C=C/C(C)=C/C[Si](CC)(CC)CC. The Morgan fingerprint density at radius 2 is 1.62 bits per heavy atom. The molecule has 0 saturated carbocycles. The number of hydrogen-bond donors (Lipinski definition) is 0. The van der Waals surface area contributed by atoms with Gasteiger partial charge in [0.15, 0.2) is 0 Å². The lowest BCUT2D eigenvalue weighted by Crippen LogP contribution is -2.30. The zero-order valence-electron chi connectivity index (χ0n) is 9.69. The van der Waals surface area contributed by atoms with Gasteiger partial charge in [0, 0.05) is 0 Å². The van der Waals surface area contributed by atoms with Crippen LogP contribution >= 0.6 is 0 Å². The van der Waals surface area contributed by atoms with Crippen molar-refractivity contribution >= 4 is 8.07 Å². The van der Waals surface area contributed by atoms with E-state index in [1.54, 1.807) is 0 Å². The molecule has 0 N–H and O–H groups in total. The molecule has 76 valence electrons. The average molecular weight is 196 g/mol. The molecule has 0 aromatic rings. The molecule has 0 aliphatic carbocycles. The molecule has 0 aromatic carbocycles. The largest absolute Gasteiger partial charge is 0.0988 e. The molecular formula is C12H24Si. The fraction of sp³-hybridized carbons (Fsp3) is 0.667. The standard InChI is InChI=1S/C12H24Si/c1-6-12(5)10-11-13(7-2,8-3)9-4/h6,10H,1,7-9,11H2,2-5H3/b12-10+. The van der Waals surface area contributed by atoms with E-state index in [0.29, 0.717) is 0 Å². The quantitative estimate of drug-likeness (QED) is 0.429. The summed E-state index contributed by atoms with van der Waals surface area (Å²) in [6.07, 6.45) is 4.34. The first kappa shape index (κ1) is 12.7. The fourth-order valence-corrected chi connectivity index (χ4v) is 4.76. The van der Waals surface area contributed by atoms with E-state index in [1.807, 2.05) is 6.08 Å². The summed E-state index contributed by atoms with van der Waals surface area (Å²) in [7, 11) is -0.921. The van der Waals surface area contributed by atoms with Crippen LogP contribution in [0.2, 0.25) is 24.2 Å². The summed E-state index contributed by atoms with van der Waals surface area (Å²) >= 11 is 0.